The lowest BCUT2D eigenvalue weighted by molar-refractivity contribution is 1.45. The van der Waals surface area contributed by atoms with Crippen LogP contribution in [0.1, 0.15) is 5.56 Å². The summed E-state index contributed by atoms with van der Waals surface area (Å²) in [6, 6.07) is 5.90. The molecule has 1 aromatic carbocycles. The van der Waals surface area contributed by atoms with E-state index in [4.69, 9.17) is 11.6 Å². The molecule has 0 unspecified atom stereocenters. The van der Waals surface area contributed by atoms with Gasteiger partial charge in [0.1, 0.15) is 0 Å². The van der Waals surface area contributed by atoms with Gasteiger partial charge in [-0.15, -0.1) is 11.8 Å². The fourth-order valence-corrected chi connectivity index (χ4v) is 1.63. The Morgan fingerprint density at radius 1 is 1.45 bits per heavy atom. The second-order valence-electron chi connectivity index (χ2n) is 2.13. The van der Waals surface area contributed by atoms with Gasteiger partial charge in [0.05, 0.1) is 0 Å². The smallest absolute Gasteiger partial charge is 0.0423 e. The average Bonchev–Trinajstić information content (AvgIpc) is 2.03. The van der Waals surface area contributed by atoms with Gasteiger partial charge in [0.2, 0.25) is 0 Å². The van der Waals surface area contributed by atoms with Gasteiger partial charge < -0.3 is 0 Å². The molecule has 0 heterocycles. The van der Waals surface area contributed by atoms with Crippen LogP contribution in [0.5, 0.6) is 0 Å². The first kappa shape index (κ1) is 8.69. The summed E-state index contributed by atoms with van der Waals surface area (Å²) in [4.78, 5) is 1.17. The van der Waals surface area contributed by atoms with E-state index in [0.717, 1.165) is 10.6 Å². The standard InChI is InChI=1S/C9H9ClS/c1-3-7-4-8(10)6-9(5-7)11-2/h3-6H,1H2,2H3. The zero-order valence-electron chi connectivity index (χ0n) is 6.30. The number of rotatable bonds is 2. The van der Waals surface area contributed by atoms with Crippen molar-refractivity contribution in [2.24, 2.45) is 0 Å². The molecule has 0 saturated carbocycles. The third-order valence-corrected chi connectivity index (χ3v) is 2.29. The van der Waals surface area contributed by atoms with E-state index in [9.17, 15) is 0 Å². The molecule has 0 spiro atoms. The van der Waals surface area contributed by atoms with Crippen LogP contribution in [0, 0.1) is 0 Å². The van der Waals surface area contributed by atoms with E-state index in [1.54, 1.807) is 17.8 Å². The summed E-state index contributed by atoms with van der Waals surface area (Å²) in [6.07, 6.45) is 3.82. The molecule has 0 fully saturated rings. The van der Waals surface area contributed by atoms with Crippen molar-refractivity contribution in [2.45, 2.75) is 4.90 Å². The van der Waals surface area contributed by atoms with Crippen LogP contribution in [0.3, 0.4) is 0 Å². The predicted octanol–water partition coefficient (Wildman–Crippen LogP) is 3.70. The van der Waals surface area contributed by atoms with Crippen molar-refractivity contribution in [2.75, 3.05) is 6.26 Å². The first-order valence-electron chi connectivity index (χ1n) is 3.23. The van der Waals surface area contributed by atoms with Crippen molar-refractivity contribution in [3.05, 3.63) is 35.4 Å². The molecule has 1 rings (SSSR count). The highest BCUT2D eigenvalue weighted by Crippen LogP contribution is 2.22. The number of hydrogen-bond donors (Lipinski definition) is 0. The molecule has 0 amide bonds. The second kappa shape index (κ2) is 3.84. The Hall–Kier alpha value is -0.400. The lowest BCUT2D eigenvalue weighted by Crippen LogP contribution is -1.74. The molecular weight excluding hydrogens is 176 g/mol. The van der Waals surface area contributed by atoms with Crippen LogP contribution >= 0.6 is 23.4 Å². The minimum atomic E-state index is 0.770. The number of hydrogen-bond acceptors (Lipinski definition) is 1. The summed E-state index contributed by atoms with van der Waals surface area (Å²) in [5.74, 6) is 0. The van der Waals surface area contributed by atoms with Crippen LogP contribution < -0.4 is 0 Å². The van der Waals surface area contributed by atoms with Crippen LogP contribution in [0.15, 0.2) is 29.7 Å². The highest BCUT2D eigenvalue weighted by atomic mass is 35.5. The van der Waals surface area contributed by atoms with Crippen molar-refractivity contribution in [3.8, 4) is 0 Å². The van der Waals surface area contributed by atoms with E-state index in [2.05, 4.69) is 12.6 Å². The van der Waals surface area contributed by atoms with Gasteiger partial charge in [-0.05, 0) is 30.0 Å². The van der Waals surface area contributed by atoms with Crippen molar-refractivity contribution in [3.63, 3.8) is 0 Å². The fourth-order valence-electron chi connectivity index (χ4n) is 0.820. The van der Waals surface area contributed by atoms with E-state index in [-0.39, 0.29) is 0 Å². The summed E-state index contributed by atoms with van der Waals surface area (Å²) in [6.45, 7) is 3.68. The van der Waals surface area contributed by atoms with E-state index >= 15 is 0 Å². The molecular formula is C9H9ClS. The lowest BCUT2D eigenvalue weighted by Gasteiger charge is -1.99. The van der Waals surface area contributed by atoms with Gasteiger partial charge in [0.25, 0.3) is 0 Å². The molecule has 0 N–H and O–H groups in total. The maximum absolute atomic E-state index is 5.85. The van der Waals surface area contributed by atoms with Crippen LogP contribution in [0.2, 0.25) is 5.02 Å². The molecule has 0 saturated heterocycles. The summed E-state index contributed by atoms with van der Waals surface area (Å²) in [5.41, 5.74) is 1.07. The van der Waals surface area contributed by atoms with Gasteiger partial charge in [-0.25, -0.2) is 0 Å². The molecule has 0 aliphatic carbocycles. The molecule has 0 aliphatic rings. The highest BCUT2D eigenvalue weighted by molar-refractivity contribution is 7.98. The Morgan fingerprint density at radius 3 is 2.73 bits per heavy atom. The maximum atomic E-state index is 5.85. The van der Waals surface area contributed by atoms with Crippen LogP contribution in [-0.4, -0.2) is 6.26 Å². The van der Waals surface area contributed by atoms with E-state index in [1.165, 1.54) is 4.90 Å². The largest absolute Gasteiger partial charge is 0.130 e. The third kappa shape index (κ3) is 2.28. The third-order valence-electron chi connectivity index (χ3n) is 1.37. The predicted molar refractivity (Wildman–Crippen MR) is 53.3 cm³/mol. The second-order valence-corrected chi connectivity index (χ2v) is 3.44. The molecule has 0 aromatic heterocycles. The SMILES string of the molecule is C=Cc1cc(Cl)cc(SC)c1. The van der Waals surface area contributed by atoms with Crippen LogP contribution in [0.25, 0.3) is 6.08 Å². The summed E-state index contributed by atoms with van der Waals surface area (Å²) >= 11 is 7.53. The van der Waals surface area contributed by atoms with Crippen LogP contribution in [-0.2, 0) is 0 Å². The van der Waals surface area contributed by atoms with Gasteiger partial charge in [0, 0.05) is 9.92 Å². The molecule has 11 heavy (non-hydrogen) atoms. The molecule has 1 aromatic rings. The van der Waals surface area contributed by atoms with Gasteiger partial charge in [-0.2, -0.15) is 0 Å². The normalized spacial score (nSPS) is 9.64. The number of benzene rings is 1. The van der Waals surface area contributed by atoms with Crippen LogP contribution in [0.4, 0.5) is 0 Å². The molecule has 0 atom stereocenters. The van der Waals surface area contributed by atoms with Gasteiger partial charge in [-0.3, -0.25) is 0 Å². The highest BCUT2D eigenvalue weighted by Gasteiger charge is 1.94. The molecule has 0 bridgehead atoms. The van der Waals surface area contributed by atoms with Crippen molar-refractivity contribution < 1.29 is 0 Å². The Balaban J connectivity index is 3.11. The average molecular weight is 185 g/mol. The zero-order chi connectivity index (χ0) is 8.27. The van der Waals surface area contributed by atoms with E-state index in [1.807, 2.05) is 18.4 Å². The van der Waals surface area contributed by atoms with Gasteiger partial charge in [0.15, 0.2) is 0 Å². The first-order chi connectivity index (χ1) is 5.26. The Kier molecular flexibility index (Phi) is 3.03. The maximum Gasteiger partial charge on any atom is 0.0423 e. The summed E-state index contributed by atoms with van der Waals surface area (Å²) in [7, 11) is 0. The first-order valence-corrected chi connectivity index (χ1v) is 4.83. The Morgan fingerprint density at radius 2 is 2.18 bits per heavy atom. The molecule has 0 nitrogen and oxygen atoms in total. The molecule has 2 heteroatoms. The van der Waals surface area contributed by atoms with Gasteiger partial charge >= 0.3 is 0 Å². The number of thioether (sulfide) groups is 1. The molecule has 58 valence electrons. The molecule has 0 aliphatic heterocycles. The van der Waals surface area contributed by atoms with Gasteiger partial charge in [-0.1, -0.05) is 24.3 Å². The minimum absolute atomic E-state index is 0.770. The quantitative estimate of drug-likeness (QED) is 0.632. The minimum Gasteiger partial charge on any atom is -0.130 e. The topological polar surface area (TPSA) is 0 Å². The van der Waals surface area contributed by atoms with Crippen molar-refractivity contribution in [1.29, 1.82) is 0 Å². The summed E-state index contributed by atoms with van der Waals surface area (Å²) in [5, 5.41) is 0.770. The monoisotopic (exact) mass is 184 g/mol. The van der Waals surface area contributed by atoms with E-state index < -0.39 is 0 Å². The number of halogens is 1. The summed E-state index contributed by atoms with van der Waals surface area (Å²) < 4.78 is 0. The molecule has 0 radical (unpaired) electrons. The van der Waals surface area contributed by atoms with Crippen molar-refractivity contribution >= 4 is 29.4 Å². The van der Waals surface area contributed by atoms with Crippen molar-refractivity contribution in [1.82, 2.24) is 0 Å². The Bertz CT molecular complexity index is 268. The fraction of sp³-hybridized carbons (Fsp3) is 0.111. The zero-order valence-corrected chi connectivity index (χ0v) is 7.88. The lowest BCUT2D eigenvalue weighted by atomic mass is 10.2. The Labute approximate surface area is 76.3 Å². The van der Waals surface area contributed by atoms with E-state index in [0.29, 0.717) is 0 Å².